The Morgan fingerprint density at radius 2 is 1.81 bits per heavy atom. The van der Waals surface area contributed by atoms with Crippen LogP contribution in [0.3, 0.4) is 0 Å². The van der Waals surface area contributed by atoms with E-state index >= 15 is 0 Å². The molecule has 0 aliphatic rings. The first-order valence-corrected chi connectivity index (χ1v) is 9.10. The van der Waals surface area contributed by atoms with Crippen molar-refractivity contribution in [1.29, 1.82) is 0 Å². The SMILES string of the molecule is Cc1ccn(CC(=O)Nc2ccc(S(=O)(=O)Nc3ncccn3)cc2)n1. The molecule has 0 atom stereocenters. The summed E-state index contributed by atoms with van der Waals surface area (Å²) in [7, 11) is -3.81. The van der Waals surface area contributed by atoms with Crippen molar-refractivity contribution < 1.29 is 13.2 Å². The number of anilines is 2. The first kappa shape index (κ1) is 17.5. The van der Waals surface area contributed by atoms with E-state index in [4.69, 9.17) is 0 Å². The summed E-state index contributed by atoms with van der Waals surface area (Å²) in [5.41, 5.74) is 1.30. The minimum atomic E-state index is -3.81. The molecule has 1 amide bonds. The number of sulfonamides is 1. The summed E-state index contributed by atoms with van der Waals surface area (Å²) in [6.45, 7) is 1.91. The highest BCUT2D eigenvalue weighted by molar-refractivity contribution is 7.92. The van der Waals surface area contributed by atoms with E-state index in [1.807, 2.05) is 6.92 Å². The standard InChI is InChI=1S/C16H16N6O3S/c1-12-7-10-22(20-12)11-15(23)19-13-3-5-14(6-4-13)26(24,25)21-16-17-8-2-9-18-16/h2-10H,11H2,1H3,(H,19,23)(H,17,18,21). The van der Waals surface area contributed by atoms with E-state index in [9.17, 15) is 13.2 Å². The van der Waals surface area contributed by atoms with Gasteiger partial charge in [-0.1, -0.05) is 0 Å². The molecule has 134 valence electrons. The van der Waals surface area contributed by atoms with E-state index in [-0.39, 0.29) is 23.3 Å². The van der Waals surface area contributed by atoms with Crippen LogP contribution in [-0.2, 0) is 21.4 Å². The number of rotatable bonds is 6. The average Bonchev–Trinajstić information content (AvgIpc) is 3.00. The zero-order valence-electron chi connectivity index (χ0n) is 13.8. The number of aryl methyl sites for hydroxylation is 1. The van der Waals surface area contributed by atoms with Crippen molar-refractivity contribution in [2.24, 2.45) is 0 Å². The van der Waals surface area contributed by atoms with Gasteiger partial charge < -0.3 is 5.32 Å². The third-order valence-electron chi connectivity index (χ3n) is 3.32. The van der Waals surface area contributed by atoms with Gasteiger partial charge in [0.15, 0.2) is 0 Å². The zero-order chi connectivity index (χ0) is 18.6. The molecule has 0 unspecified atom stereocenters. The monoisotopic (exact) mass is 372 g/mol. The number of amides is 1. The summed E-state index contributed by atoms with van der Waals surface area (Å²) in [5, 5.41) is 6.82. The maximum Gasteiger partial charge on any atom is 0.264 e. The second-order valence-corrected chi connectivity index (χ2v) is 7.09. The van der Waals surface area contributed by atoms with Crippen molar-refractivity contribution in [3.63, 3.8) is 0 Å². The minimum absolute atomic E-state index is 0.0144. The Morgan fingerprint density at radius 3 is 2.42 bits per heavy atom. The minimum Gasteiger partial charge on any atom is -0.324 e. The van der Waals surface area contributed by atoms with Crippen LogP contribution in [-0.4, -0.2) is 34.1 Å². The fourth-order valence-electron chi connectivity index (χ4n) is 2.15. The molecule has 10 heteroatoms. The van der Waals surface area contributed by atoms with Crippen LogP contribution in [0.15, 0.2) is 59.9 Å². The van der Waals surface area contributed by atoms with E-state index in [0.717, 1.165) is 5.69 Å². The van der Waals surface area contributed by atoms with E-state index < -0.39 is 10.0 Å². The van der Waals surface area contributed by atoms with Gasteiger partial charge in [0.2, 0.25) is 11.9 Å². The third-order valence-corrected chi connectivity index (χ3v) is 4.66. The molecule has 1 aromatic carbocycles. The molecule has 3 rings (SSSR count). The van der Waals surface area contributed by atoms with E-state index in [0.29, 0.717) is 5.69 Å². The molecule has 2 aromatic heterocycles. The fraction of sp³-hybridized carbons (Fsp3) is 0.125. The van der Waals surface area contributed by atoms with Gasteiger partial charge in [0.1, 0.15) is 6.54 Å². The van der Waals surface area contributed by atoms with Crippen molar-refractivity contribution >= 4 is 27.6 Å². The van der Waals surface area contributed by atoms with Crippen molar-refractivity contribution in [3.05, 3.63) is 60.7 Å². The Balaban J connectivity index is 1.65. The molecule has 2 heterocycles. The molecule has 0 radical (unpaired) electrons. The normalized spacial score (nSPS) is 11.1. The van der Waals surface area contributed by atoms with Crippen LogP contribution in [0.5, 0.6) is 0 Å². The maximum atomic E-state index is 12.3. The molecule has 3 aromatic rings. The van der Waals surface area contributed by atoms with E-state index in [1.165, 1.54) is 41.3 Å². The molecule has 26 heavy (non-hydrogen) atoms. The Morgan fingerprint density at radius 1 is 1.12 bits per heavy atom. The second kappa shape index (κ2) is 7.31. The van der Waals surface area contributed by atoms with Gasteiger partial charge >= 0.3 is 0 Å². The Labute approximate surface area is 150 Å². The molecule has 0 saturated heterocycles. The molecule has 0 saturated carbocycles. The van der Waals surface area contributed by atoms with Crippen LogP contribution >= 0.6 is 0 Å². The molecule has 2 N–H and O–H groups in total. The number of nitrogens with zero attached hydrogens (tertiary/aromatic N) is 4. The highest BCUT2D eigenvalue weighted by Crippen LogP contribution is 2.16. The Bertz CT molecular complexity index is 1000. The maximum absolute atomic E-state index is 12.3. The molecule has 9 nitrogen and oxygen atoms in total. The van der Waals surface area contributed by atoms with E-state index in [1.54, 1.807) is 18.3 Å². The number of aromatic nitrogens is 4. The topological polar surface area (TPSA) is 119 Å². The number of hydrogen-bond acceptors (Lipinski definition) is 6. The lowest BCUT2D eigenvalue weighted by molar-refractivity contribution is -0.116. The van der Waals surface area contributed by atoms with Gasteiger partial charge in [0.25, 0.3) is 10.0 Å². The van der Waals surface area contributed by atoms with Crippen LogP contribution in [0.25, 0.3) is 0 Å². The summed E-state index contributed by atoms with van der Waals surface area (Å²) in [5.74, 6) is -0.279. The summed E-state index contributed by atoms with van der Waals surface area (Å²) in [6.07, 6.45) is 4.58. The fourth-order valence-corrected chi connectivity index (χ4v) is 3.11. The average molecular weight is 372 g/mol. The molecular weight excluding hydrogens is 356 g/mol. The molecular formula is C16H16N6O3S. The van der Waals surface area contributed by atoms with Gasteiger partial charge in [-0.05, 0) is 43.3 Å². The molecule has 0 aliphatic carbocycles. The quantitative estimate of drug-likeness (QED) is 0.675. The lowest BCUT2D eigenvalue weighted by Crippen LogP contribution is -2.19. The van der Waals surface area contributed by atoms with Gasteiger partial charge in [-0.3, -0.25) is 9.48 Å². The first-order chi connectivity index (χ1) is 12.4. The number of carbonyl (C=O) groups excluding carboxylic acids is 1. The Hall–Kier alpha value is -3.27. The molecule has 0 bridgehead atoms. The number of benzene rings is 1. The predicted molar refractivity (Wildman–Crippen MR) is 94.9 cm³/mol. The Kier molecular flexibility index (Phi) is 4.94. The van der Waals surface area contributed by atoms with Crippen molar-refractivity contribution in [3.8, 4) is 0 Å². The second-order valence-electron chi connectivity index (χ2n) is 5.41. The largest absolute Gasteiger partial charge is 0.324 e. The number of hydrogen-bond donors (Lipinski definition) is 2. The van der Waals surface area contributed by atoms with Crippen LogP contribution in [0.4, 0.5) is 11.6 Å². The molecule has 0 aliphatic heterocycles. The summed E-state index contributed by atoms with van der Waals surface area (Å²) >= 11 is 0. The van der Waals surface area contributed by atoms with Crippen LogP contribution in [0.1, 0.15) is 5.69 Å². The van der Waals surface area contributed by atoms with Crippen LogP contribution in [0.2, 0.25) is 0 Å². The van der Waals surface area contributed by atoms with Crippen LogP contribution in [0, 0.1) is 6.92 Å². The first-order valence-electron chi connectivity index (χ1n) is 7.62. The summed E-state index contributed by atoms with van der Waals surface area (Å²) < 4.78 is 28.4. The highest BCUT2D eigenvalue weighted by Gasteiger charge is 2.15. The van der Waals surface area contributed by atoms with Gasteiger partial charge in [0, 0.05) is 24.3 Å². The lowest BCUT2D eigenvalue weighted by atomic mass is 10.3. The third kappa shape index (κ3) is 4.42. The lowest BCUT2D eigenvalue weighted by Gasteiger charge is -2.08. The summed E-state index contributed by atoms with van der Waals surface area (Å²) in [6, 6.07) is 9.17. The predicted octanol–water partition coefficient (Wildman–Crippen LogP) is 1.42. The van der Waals surface area contributed by atoms with Crippen molar-refractivity contribution in [2.75, 3.05) is 10.0 Å². The smallest absolute Gasteiger partial charge is 0.264 e. The van der Waals surface area contributed by atoms with E-state index in [2.05, 4.69) is 25.1 Å². The van der Waals surface area contributed by atoms with Gasteiger partial charge in [-0.25, -0.2) is 23.1 Å². The van der Waals surface area contributed by atoms with Crippen molar-refractivity contribution in [2.45, 2.75) is 18.4 Å². The zero-order valence-corrected chi connectivity index (χ0v) is 14.6. The van der Waals surface area contributed by atoms with Crippen LogP contribution < -0.4 is 10.0 Å². The summed E-state index contributed by atoms with van der Waals surface area (Å²) in [4.78, 5) is 19.7. The molecule has 0 fully saturated rings. The highest BCUT2D eigenvalue weighted by atomic mass is 32.2. The number of nitrogens with one attached hydrogen (secondary N) is 2. The van der Waals surface area contributed by atoms with Gasteiger partial charge in [-0.2, -0.15) is 5.10 Å². The van der Waals surface area contributed by atoms with Crippen molar-refractivity contribution in [1.82, 2.24) is 19.7 Å². The number of carbonyl (C=O) groups is 1. The van der Waals surface area contributed by atoms with Gasteiger partial charge in [0.05, 0.1) is 10.6 Å². The molecule has 0 spiro atoms. The van der Waals surface area contributed by atoms with Gasteiger partial charge in [-0.15, -0.1) is 0 Å².